The summed E-state index contributed by atoms with van der Waals surface area (Å²) in [5, 5.41) is 5.12. The topological polar surface area (TPSA) is 67.4 Å². The van der Waals surface area contributed by atoms with Gasteiger partial charge in [-0.2, -0.15) is 0 Å². The number of urea groups is 1. The van der Waals surface area contributed by atoms with Crippen LogP contribution in [-0.4, -0.2) is 12.0 Å². The molecule has 6 heteroatoms. The molecule has 0 radical (unpaired) electrons. The summed E-state index contributed by atoms with van der Waals surface area (Å²) in [6.45, 7) is 1.68. The third-order valence-electron chi connectivity index (χ3n) is 3.92. The van der Waals surface area contributed by atoms with Crippen LogP contribution < -0.4 is 10.6 Å². The summed E-state index contributed by atoms with van der Waals surface area (Å²) in [5.41, 5.74) is 1.57. The van der Waals surface area contributed by atoms with Crippen molar-refractivity contribution in [3.8, 4) is 0 Å². The van der Waals surface area contributed by atoms with Gasteiger partial charge in [0.1, 0.15) is 12.4 Å². The summed E-state index contributed by atoms with van der Waals surface area (Å²) in [4.78, 5) is 24.4. The second-order valence-corrected chi connectivity index (χ2v) is 5.65. The van der Waals surface area contributed by atoms with Crippen molar-refractivity contribution in [1.29, 1.82) is 0 Å². The van der Waals surface area contributed by atoms with E-state index < -0.39 is 23.9 Å². The number of amides is 2. The minimum absolute atomic E-state index is 0.0917. The predicted octanol–water partition coefficient (Wildman–Crippen LogP) is 3.20. The van der Waals surface area contributed by atoms with Gasteiger partial charge in [0, 0.05) is 11.3 Å². The normalized spacial score (nSPS) is 16.9. The van der Waals surface area contributed by atoms with E-state index in [9.17, 15) is 14.0 Å². The lowest BCUT2D eigenvalue weighted by molar-refractivity contribution is -0.140. The van der Waals surface area contributed by atoms with Crippen LogP contribution in [0.2, 0.25) is 0 Å². The number of carbonyl (C=O) groups is 2. The second kappa shape index (κ2) is 7.17. The van der Waals surface area contributed by atoms with Crippen LogP contribution in [0.3, 0.4) is 0 Å². The lowest BCUT2D eigenvalue weighted by Gasteiger charge is -2.28. The number of esters is 1. The third-order valence-corrected chi connectivity index (χ3v) is 3.92. The molecule has 1 atom stereocenters. The van der Waals surface area contributed by atoms with Crippen molar-refractivity contribution < 1.29 is 18.7 Å². The maximum atomic E-state index is 14.2. The first-order valence-electron chi connectivity index (χ1n) is 7.80. The van der Waals surface area contributed by atoms with Crippen molar-refractivity contribution in [1.82, 2.24) is 10.6 Å². The van der Waals surface area contributed by atoms with E-state index in [0.29, 0.717) is 5.70 Å². The Morgan fingerprint density at radius 2 is 1.80 bits per heavy atom. The van der Waals surface area contributed by atoms with Crippen molar-refractivity contribution in [2.24, 2.45) is 0 Å². The largest absolute Gasteiger partial charge is 0.457 e. The molecule has 1 unspecified atom stereocenters. The number of ether oxygens (including phenoxy) is 1. The number of rotatable bonds is 4. The van der Waals surface area contributed by atoms with Gasteiger partial charge in [-0.1, -0.05) is 48.5 Å². The highest BCUT2D eigenvalue weighted by molar-refractivity contribution is 5.95. The molecule has 1 heterocycles. The van der Waals surface area contributed by atoms with E-state index in [-0.39, 0.29) is 17.7 Å². The average molecular weight is 340 g/mol. The van der Waals surface area contributed by atoms with Gasteiger partial charge in [-0.15, -0.1) is 0 Å². The average Bonchev–Trinajstić information content (AvgIpc) is 2.60. The van der Waals surface area contributed by atoms with Gasteiger partial charge in [-0.05, 0) is 18.6 Å². The van der Waals surface area contributed by atoms with Crippen LogP contribution in [0.5, 0.6) is 0 Å². The van der Waals surface area contributed by atoms with Gasteiger partial charge in [-0.25, -0.2) is 14.0 Å². The SMILES string of the molecule is CC1=C(C(=O)OCc2ccccc2)C(c2ccccc2F)NC(=O)N1. The molecule has 25 heavy (non-hydrogen) atoms. The molecule has 1 aliphatic heterocycles. The summed E-state index contributed by atoms with van der Waals surface area (Å²) in [6, 6.07) is 13.8. The third kappa shape index (κ3) is 3.68. The molecule has 128 valence electrons. The van der Waals surface area contributed by atoms with E-state index in [1.807, 2.05) is 30.3 Å². The molecule has 2 aromatic carbocycles. The Morgan fingerprint density at radius 1 is 1.12 bits per heavy atom. The fourth-order valence-electron chi connectivity index (χ4n) is 2.71. The summed E-state index contributed by atoms with van der Waals surface area (Å²) >= 11 is 0. The van der Waals surface area contributed by atoms with E-state index in [4.69, 9.17) is 4.74 Å². The highest BCUT2D eigenvalue weighted by Gasteiger charge is 2.33. The number of hydrogen-bond donors (Lipinski definition) is 2. The quantitative estimate of drug-likeness (QED) is 0.840. The number of nitrogens with one attached hydrogen (secondary N) is 2. The zero-order valence-electron chi connectivity index (χ0n) is 13.6. The Balaban J connectivity index is 1.87. The molecule has 0 saturated heterocycles. The van der Waals surface area contributed by atoms with Crippen LogP contribution in [-0.2, 0) is 16.1 Å². The molecular weight excluding hydrogens is 323 g/mol. The Morgan fingerprint density at radius 3 is 2.52 bits per heavy atom. The molecule has 0 aliphatic carbocycles. The minimum atomic E-state index is -0.904. The zero-order chi connectivity index (χ0) is 17.8. The van der Waals surface area contributed by atoms with E-state index in [1.165, 1.54) is 12.1 Å². The molecule has 0 bridgehead atoms. The van der Waals surface area contributed by atoms with Crippen molar-refractivity contribution in [3.63, 3.8) is 0 Å². The van der Waals surface area contributed by atoms with Crippen molar-refractivity contribution >= 4 is 12.0 Å². The molecule has 1 aliphatic rings. The lowest BCUT2D eigenvalue weighted by Crippen LogP contribution is -2.45. The second-order valence-electron chi connectivity index (χ2n) is 5.65. The molecule has 0 spiro atoms. The molecule has 2 amide bonds. The fourth-order valence-corrected chi connectivity index (χ4v) is 2.71. The molecule has 2 N–H and O–H groups in total. The molecule has 0 saturated carbocycles. The molecule has 2 aromatic rings. The van der Waals surface area contributed by atoms with Crippen molar-refractivity contribution in [2.45, 2.75) is 19.6 Å². The van der Waals surface area contributed by atoms with Gasteiger partial charge in [-0.3, -0.25) is 0 Å². The summed E-state index contributed by atoms with van der Waals surface area (Å²) < 4.78 is 19.5. The number of hydrogen-bond acceptors (Lipinski definition) is 3. The monoisotopic (exact) mass is 340 g/mol. The Labute approximate surface area is 144 Å². The number of allylic oxidation sites excluding steroid dienone is 1. The molecular formula is C19H17FN2O3. The maximum Gasteiger partial charge on any atom is 0.338 e. The Kier molecular flexibility index (Phi) is 4.79. The van der Waals surface area contributed by atoms with Crippen molar-refractivity contribution in [3.05, 3.63) is 82.8 Å². The fraction of sp³-hybridized carbons (Fsp3) is 0.158. The van der Waals surface area contributed by atoms with Crippen LogP contribution in [0.1, 0.15) is 24.1 Å². The van der Waals surface area contributed by atoms with Crippen LogP contribution in [0.25, 0.3) is 0 Å². The maximum absolute atomic E-state index is 14.2. The number of carbonyl (C=O) groups excluding carboxylic acids is 2. The highest BCUT2D eigenvalue weighted by Crippen LogP contribution is 2.29. The van der Waals surface area contributed by atoms with E-state index in [0.717, 1.165) is 5.56 Å². The van der Waals surface area contributed by atoms with Gasteiger partial charge in [0.2, 0.25) is 0 Å². The lowest BCUT2D eigenvalue weighted by atomic mass is 9.95. The molecule has 0 aromatic heterocycles. The summed E-state index contributed by atoms with van der Waals surface area (Å²) in [7, 11) is 0. The van der Waals surface area contributed by atoms with E-state index in [2.05, 4.69) is 10.6 Å². The van der Waals surface area contributed by atoms with Gasteiger partial charge < -0.3 is 15.4 Å². The first kappa shape index (κ1) is 16.7. The van der Waals surface area contributed by atoms with Gasteiger partial charge >= 0.3 is 12.0 Å². The van der Waals surface area contributed by atoms with E-state index >= 15 is 0 Å². The summed E-state index contributed by atoms with van der Waals surface area (Å²) in [5.74, 6) is -1.11. The number of benzene rings is 2. The van der Waals surface area contributed by atoms with Crippen LogP contribution >= 0.6 is 0 Å². The van der Waals surface area contributed by atoms with Crippen LogP contribution in [0.4, 0.5) is 9.18 Å². The van der Waals surface area contributed by atoms with Gasteiger partial charge in [0.25, 0.3) is 0 Å². The standard InChI is InChI=1S/C19H17FN2O3/c1-12-16(18(23)25-11-13-7-3-2-4-8-13)17(22-19(24)21-12)14-9-5-6-10-15(14)20/h2-10,17H,11H2,1H3,(H2,21,22,24). The van der Waals surface area contributed by atoms with E-state index in [1.54, 1.807) is 19.1 Å². The van der Waals surface area contributed by atoms with Crippen LogP contribution in [0, 0.1) is 5.82 Å². The zero-order valence-corrected chi connectivity index (χ0v) is 13.6. The summed E-state index contributed by atoms with van der Waals surface area (Å²) in [6.07, 6.45) is 0. The Bertz CT molecular complexity index is 834. The van der Waals surface area contributed by atoms with Crippen molar-refractivity contribution in [2.75, 3.05) is 0 Å². The highest BCUT2D eigenvalue weighted by atomic mass is 19.1. The molecule has 3 rings (SSSR count). The minimum Gasteiger partial charge on any atom is -0.457 e. The van der Waals surface area contributed by atoms with Gasteiger partial charge in [0.15, 0.2) is 0 Å². The molecule has 5 nitrogen and oxygen atoms in total. The predicted molar refractivity (Wildman–Crippen MR) is 89.7 cm³/mol. The number of halogens is 1. The van der Waals surface area contributed by atoms with Crippen LogP contribution in [0.15, 0.2) is 65.9 Å². The smallest absolute Gasteiger partial charge is 0.338 e. The first-order valence-corrected chi connectivity index (χ1v) is 7.80. The first-order chi connectivity index (χ1) is 12.1. The molecule has 0 fully saturated rings. The van der Waals surface area contributed by atoms with Gasteiger partial charge in [0.05, 0.1) is 11.6 Å². The Hall–Kier alpha value is -3.15.